The predicted molar refractivity (Wildman–Crippen MR) is 54.2 cm³/mol. The van der Waals surface area contributed by atoms with Gasteiger partial charge in [0, 0.05) is 11.8 Å². The molecule has 1 aromatic rings. The van der Waals surface area contributed by atoms with Crippen molar-refractivity contribution in [3.8, 4) is 5.88 Å². The van der Waals surface area contributed by atoms with Crippen molar-refractivity contribution in [2.45, 2.75) is 40.3 Å². The first-order chi connectivity index (χ1) is 6.56. The van der Waals surface area contributed by atoms with Gasteiger partial charge in [0.25, 0.3) is 5.88 Å². The lowest BCUT2D eigenvalue weighted by molar-refractivity contribution is -0.785. The summed E-state index contributed by atoms with van der Waals surface area (Å²) < 4.78 is 10.1. The fourth-order valence-electron chi connectivity index (χ4n) is 1.82. The van der Waals surface area contributed by atoms with Crippen molar-refractivity contribution >= 4 is 0 Å². The number of nitrogens with zero attached hydrogens (tertiary/aromatic N) is 2. The van der Waals surface area contributed by atoms with Crippen LogP contribution in [0, 0.1) is 5.41 Å². The first-order valence-electron chi connectivity index (χ1n) is 5.28. The summed E-state index contributed by atoms with van der Waals surface area (Å²) in [6.07, 6.45) is 3.23. The highest BCUT2D eigenvalue weighted by Gasteiger charge is 2.24. The Morgan fingerprint density at radius 2 is 2.29 bits per heavy atom. The van der Waals surface area contributed by atoms with Crippen LogP contribution in [0.4, 0.5) is 0 Å². The van der Waals surface area contributed by atoms with E-state index in [1.165, 1.54) is 0 Å². The number of hydrogen-bond donors (Lipinski definition) is 0. The molecule has 78 valence electrons. The van der Waals surface area contributed by atoms with Gasteiger partial charge in [-0.05, 0) is 0 Å². The van der Waals surface area contributed by atoms with Crippen LogP contribution >= 0.6 is 0 Å². The van der Waals surface area contributed by atoms with Crippen molar-refractivity contribution < 1.29 is 9.42 Å². The molecule has 0 atom stereocenters. The van der Waals surface area contributed by atoms with Crippen molar-refractivity contribution in [1.29, 1.82) is 0 Å². The van der Waals surface area contributed by atoms with Crippen LogP contribution in [0.15, 0.2) is 12.3 Å². The molecule has 2 heterocycles. The van der Waals surface area contributed by atoms with E-state index in [1.807, 2.05) is 0 Å². The van der Waals surface area contributed by atoms with Crippen LogP contribution < -0.4 is 9.42 Å². The number of ether oxygens (including phenoxy) is 1. The largest absolute Gasteiger partial charge is 0.475 e. The maximum atomic E-state index is 5.56. The van der Waals surface area contributed by atoms with Gasteiger partial charge in [-0.1, -0.05) is 20.8 Å². The molecule has 0 unspecified atom stereocenters. The molecule has 0 spiro atoms. The third kappa shape index (κ3) is 1.91. The topological polar surface area (TPSA) is 18.0 Å². The summed E-state index contributed by atoms with van der Waals surface area (Å²) in [4.78, 5) is 0. The van der Waals surface area contributed by atoms with Gasteiger partial charge in [0.2, 0.25) is 0 Å². The normalized spacial score (nSPS) is 16.2. The van der Waals surface area contributed by atoms with E-state index in [-0.39, 0.29) is 0 Å². The summed E-state index contributed by atoms with van der Waals surface area (Å²) >= 11 is 0. The van der Waals surface area contributed by atoms with E-state index in [0.717, 1.165) is 32.0 Å². The molecule has 0 saturated heterocycles. The van der Waals surface area contributed by atoms with E-state index in [1.54, 1.807) is 0 Å². The van der Waals surface area contributed by atoms with Gasteiger partial charge < -0.3 is 4.74 Å². The third-order valence-electron chi connectivity index (χ3n) is 2.35. The maximum Gasteiger partial charge on any atom is 0.252 e. The van der Waals surface area contributed by atoms with Crippen LogP contribution in [-0.4, -0.2) is 11.3 Å². The summed E-state index contributed by atoms with van der Waals surface area (Å²) in [5.41, 5.74) is 0.317. The highest BCUT2D eigenvalue weighted by molar-refractivity contribution is 5.05. The Kier molecular flexibility index (Phi) is 2.25. The summed E-state index contributed by atoms with van der Waals surface area (Å²) in [6.45, 7) is 9.74. The van der Waals surface area contributed by atoms with Gasteiger partial charge in [-0.2, -0.15) is 0 Å². The lowest BCUT2D eigenvalue weighted by atomic mass is 9.97. The highest BCUT2D eigenvalue weighted by Crippen LogP contribution is 2.17. The molecule has 0 amide bonds. The van der Waals surface area contributed by atoms with Gasteiger partial charge in [0.15, 0.2) is 12.7 Å². The fraction of sp³-hybridized carbons (Fsp3) is 0.727. The number of hydrogen-bond acceptors (Lipinski definition) is 1. The van der Waals surface area contributed by atoms with Crippen LogP contribution in [-0.2, 0) is 13.1 Å². The smallest absolute Gasteiger partial charge is 0.252 e. The minimum absolute atomic E-state index is 0.317. The van der Waals surface area contributed by atoms with Gasteiger partial charge >= 0.3 is 0 Å². The van der Waals surface area contributed by atoms with Crippen molar-refractivity contribution in [3.63, 3.8) is 0 Å². The van der Waals surface area contributed by atoms with E-state index < -0.39 is 0 Å². The summed E-state index contributed by atoms with van der Waals surface area (Å²) in [5.74, 6) is 1.01. The first kappa shape index (κ1) is 9.56. The van der Waals surface area contributed by atoms with Crippen molar-refractivity contribution in [2.24, 2.45) is 5.41 Å². The first-order valence-corrected chi connectivity index (χ1v) is 5.28. The average Bonchev–Trinajstić information content (AvgIpc) is 2.47. The monoisotopic (exact) mass is 195 g/mol. The van der Waals surface area contributed by atoms with E-state index in [4.69, 9.17) is 4.74 Å². The minimum atomic E-state index is 0.317. The van der Waals surface area contributed by atoms with Crippen LogP contribution in [0.2, 0.25) is 0 Å². The molecule has 3 heteroatoms. The molecule has 1 aliphatic heterocycles. The quantitative estimate of drug-likeness (QED) is 0.622. The Bertz CT molecular complexity index is 323. The van der Waals surface area contributed by atoms with Crippen LogP contribution in [0.5, 0.6) is 5.88 Å². The van der Waals surface area contributed by atoms with Gasteiger partial charge in [-0.15, -0.1) is 9.36 Å². The summed E-state index contributed by atoms with van der Waals surface area (Å²) in [7, 11) is 0. The molecule has 0 bridgehead atoms. The van der Waals surface area contributed by atoms with E-state index in [9.17, 15) is 0 Å². The number of aromatic nitrogens is 2. The van der Waals surface area contributed by atoms with Crippen molar-refractivity contribution in [2.75, 3.05) is 6.61 Å². The summed E-state index contributed by atoms with van der Waals surface area (Å²) in [5, 5.41) is 0. The molecule has 0 saturated carbocycles. The van der Waals surface area contributed by atoms with E-state index in [0.29, 0.717) is 5.41 Å². The van der Waals surface area contributed by atoms with Gasteiger partial charge in [0.05, 0.1) is 19.2 Å². The molecule has 0 N–H and O–H groups in total. The molecular formula is C11H19N2O+. The molecule has 0 fully saturated rings. The average molecular weight is 195 g/mol. The Morgan fingerprint density at radius 3 is 3.00 bits per heavy atom. The zero-order chi connectivity index (χ0) is 10.2. The zero-order valence-corrected chi connectivity index (χ0v) is 9.29. The van der Waals surface area contributed by atoms with Crippen LogP contribution in [0.1, 0.15) is 27.2 Å². The second kappa shape index (κ2) is 3.30. The molecule has 14 heavy (non-hydrogen) atoms. The SMILES string of the molecule is CC(C)(C)C[n+]1ccc2n1CCCO2. The zero-order valence-electron chi connectivity index (χ0n) is 9.29. The summed E-state index contributed by atoms with van der Waals surface area (Å²) in [6, 6.07) is 2.06. The molecule has 2 rings (SSSR count). The molecule has 1 aliphatic rings. The molecule has 0 aromatic carbocycles. The van der Waals surface area contributed by atoms with Gasteiger partial charge in [-0.3, -0.25) is 0 Å². The second-order valence-corrected chi connectivity index (χ2v) is 5.14. The van der Waals surface area contributed by atoms with Crippen LogP contribution in [0.25, 0.3) is 0 Å². The van der Waals surface area contributed by atoms with Crippen molar-refractivity contribution in [1.82, 2.24) is 4.68 Å². The lowest BCUT2D eigenvalue weighted by Crippen LogP contribution is -2.48. The Hall–Kier alpha value is -0.990. The van der Waals surface area contributed by atoms with Gasteiger partial charge in [-0.25, -0.2) is 0 Å². The highest BCUT2D eigenvalue weighted by atomic mass is 16.5. The predicted octanol–water partition coefficient (Wildman–Crippen LogP) is 1.60. The second-order valence-electron chi connectivity index (χ2n) is 5.14. The fourth-order valence-corrected chi connectivity index (χ4v) is 1.82. The molecule has 3 nitrogen and oxygen atoms in total. The number of fused-ring (bicyclic) bond motifs is 1. The van der Waals surface area contributed by atoms with E-state index in [2.05, 4.69) is 42.4 Å². The molecule has 1 aromatic heterocycles. The standard InChI is InChI=1S/C11H19N2O/c1-11(2,3)9-12-7-5-10-13(12)6-4-8-14-10/h5,7H,4,6,8-9H2,1-3H3/q+1. The Balaban J connectivity index is 2.22. The minimum Gasteiger partial charge on any atom is -0.475 e. The Morgan fingerprint density at radius 1 is 1.50 bits per heavy atom. The molecule has 0 aliphatic carbocycles. The van der Waals surface area contributed by atoms with Crippen molar-refractivity contribution in [3.05, 3.63) is 12.3 Å². The maximum absolute atomic E-state index is 5.56. The van der Waals surface area contributed by atoms with Gasteiger partial charge in [0.1, 0.15) is 0 Å². The lowest BCUT2D eigenvalue weighted by Gasteiger charge is -2.17. The molecular weight excluding hydrogens is 176 g/mol. The van der Waals surface area contributed by atoms with E-state index >= 15 is 0 Å². The Labute approximate surface area is 85.3 Å². The third-order valence-corrected chi connectivity index (χ3v) is 2.35. The molecule has 0 radical (unpaired) electrons. The van der Waals surface area contributed by atoms with Crippen LogP contribution in [0.3, 0.4) is 0 Å². The number of rotatable bonds is 1.